The molecule has 0 aliphatic rings. The lowest BCUT2D eigenvalue weighted by Gasteiger charge is -2.16. The lowest BCUT2D eigenvalue weighted by Crippen LogP contribution is -2.26. The first-order valence-electron chi connectivity index (χ1n) is 13.9. The third-order valence-electron chi connectivity index (χ3n) is 6.97. The Kier molecular flexibility index (Phi) is 11.3. The smallest absolute Gasteiger partial charge is 0.456 e. The third-order valence-corrected chi connectivity index (χ3v) is 14.7. The van der Waals surface area contributed by atoms with Crippen molar-refractivity contribution in [2.75, 3.05) is 0 Å². The Labute approximate surface area is 311 Å². The lowest BCUT2D eigenvalue weighted by atomic mass is 10.3. The summed E-state index contributed by atoms with van der Waals surface area (Å²) in [6, 6.07) is 5.26. The van der Waals surface area contributed by atoms with E-state index in [0.29, 0.717) is 48.5 Å². The molecule has 57 heavy (non-hydrogen) atoms. The molecule has 0 atom stereocenters. The molecule has 0 amide bonds. The molecule has 0 aliphatic heterocycles. The second-order valence-electron chi connectivity index (χ2n) is 10.7. The van der Waals surface area contributed by atoms with Crippen LogP contribution in [-0.4, -0.2) is 64.1 Å². The first-order valence-corrected chi connectivity index (χ1v) is 21.3. The molecular formula is C28H14F12O12S5. The number of rotatable bonds is 10. The predicted octanol–water partition coefficient (Wildman–Crippen LogP) is 7.28. The molecule has 0 saturated carbocycles. The molecule has 0 radical (unpaired) electrons. The van der Waals surface area contributed by atoms with Crippen molar-refractivity contribution >= 4 is 49.2 Å². The second kappa shape index (κ2) is 14.3. The van der Waals surface area contributed by atoms with Crippen LogP contribution in [0.25, 0.3) is 0 Å². The molecule has 4 rings (SSSR count). The number of alkyl halides is 12. The number of halogens is 12. The van der Waals surface area contributed by atoms with Gasteiger partial charge in [-0.1, -0.05) is 0 Å². The molecule has 0 unspecified atom stereocenters. The van der Waals surface area contributed by atoms with Crippen molar-refractivity contribution in [3.05, 3.63) is 84.9 Å². The van der Waals surface area contributed by atoms with Gasteiger partial charge in [0.1, 0.15) is 32.8 Å². The van der Waals surface area contributed by atoms with Crippen LogP contribution in [-0.2, 0) is 49.2 Å². The van der Waals surface area contributed by atoms with Crippen molar-refractivity contribution in [3.63, 3.8) is 0 Å². The molecule has 312 valence electrons. The number of hydrogen-bond donors (Lipinski definition) is 0. The zero-order valence-electron chi connectivity index (χ0n) is 26.6. The SMILES string of the molecule is O=S(=O)(c1ccc(Oc2ccc(S(=O)(=O)C(F)(F)F)cc2S(=O)(=O)C(F)(F)F)cc1)c1ccc(Oc2ccc(S(=O)(=O)C(F)(F)F)cc2S(=O)(=O)C(F)(F)F)cc1. The number of ether oxygens (including phenoxy) is 2. The van der Waals surface area contributed by atoms with Gasteiger partial charge in [-0.05, 0) is 84.9 Å². The van der Waals surface area contributed by atoms with E-state index in [1.165, 1.54) is 0 Å². The fourth-order valence-electron chi connectivity index (χ4n) is 4.18. The van der Waals surface area contributed by atoms with Gasteiger partial charge in [0.2, 0.25) is 9.84 Å². The van der Waals surface area contributed by atoms with Gasteiger partial charge in [0.05, 0.1) is 19.6 Å². The van der Waals surface area contributed by atoms with Gasteiger partial charge in [0, 0.05) is 0 Å². The summed E-state index contributed by atoms with van der Waals surface area (Å²) in [5, 5.41) is 0. The fourth-order valence-corrected chi connectivity index (χ4v) is 8.98. The van der Waals surface area contributed by atoms with E-state index < -0.39 is 136 Å². The van der Waals surface area contributed by atoms with Crippen molar-refractivity contribution in [2.45, 2.75) is 51.4 Å². The Morgan fingerprint density at radius 1 is 0.333 bits per heavy atom. The highest BCUT2D eigenvalue weighted by Crippen LogP contribution is 2.43. The van der Waals surface area contributed by atoms with Gasteiger partial charge in [-0.2, -0.15) is 52.7 Å². The monoisotopic (exact) mass is 930 g/mol. The summed E-state index contributed by atoms with van der Waals surface area (Å²) in [6.07, 6.45) is 0. The normalized spacial score (nSPS) is 14.0. The van der Waals surface area contributed by atoms with Crippen LogP contribution in [0.5, 0.6) is 23.0 Å². The molecule has 4 aromatic rings. The zero-order valence-corrected chi connectivity index (χ0v) is 30.6. The van der Waals surface area contributed by atoms with E-state index in [-0.39, 0.29) is 24.3 Å². The van der Waals surface area contributed by atoms with Crippen molar-refractivity contribution < 1.29 is 104 Å². The topological polar surface area (TPSA) is 189 Å². The van der Waals surface area contributed by atoms with E-state index in [1.54, 1.807) is 0 Å². The largest absolute Gasteiger partial charge is 0.502 e. The maximum atomic E-state index is 13.4. The summed E-state index contributed by atoms with van der Waals surface area (Å²) in [5.74, 6) is -3.99. The van der Waals surface area contributed by atoms with E-state index in [9.17, 15) is 94.8 Å². The Morgan fingerprint density at radius 2 is 0.579 bits per heavy atom. The minimum absolute atomic E-state index is 0.0865. The van der Waals surface area contributed by atoms with Gasteiger partial charge in [0.25, 0.3) is 39.3 Å². The van der Waals surface area contributed by atoms with Crippen LogP contribution in [0.3, 0.4) is 0 Å². The fraction of sp³-hybridized carbons (Fsp3) is 0.143. The quantitative estimate of drug-likeness (QED) is 0.145. The first-order chi connectivity index (χ1) is 25.6. The van der Waals surface area contributed by atoms with Crippen LogP contribution in [0, 0.1) is 0 Å². The minimum Gasteiger partial charge on any atom is -0.456 e. The molecular weight excluding hydrogens is 917 g/mol. The lowest BCUT2D eigenvalue weighted by molar-refractivity contribution is -0.0446. The van der Waals surface area contributed by atoms with Gasteiger partial charge in [-0.25, -0.2) is 42.1 Å². The first kappa shape index (κ1) is 45.1. The Morgan fingerprint density at radius 3 is 0.825 bits per heavy atom. The molecule has 0 heterocycles. The average Bonchev–Trinajstić information content (AvgIpc) is 3.07. The summed E-state index contributed by atoms with van der Waals surface area (Å²) in [4.78, 5) is -9.24. The van der Waals surface area contributed by atoms with E-state index >= 15 is 0 Å². The summed E-state index contributed by atoms with van der Waals surface area (Å²) in [5.41, 5.74) is -24.5. The zero-order chi connectivity index (χ0) is 43.6. The van der Waals surface area contributed by atoms with Crippen LogP contribution in [0.15, 0.2) is 114 Å². The highest BCUT2D eigenvalue weighted by atomic mass is 32.2. The van der Waals surface area contributed by atoms with Crippen molar-refractivity contribution in [3.8, 4) is 23.0 Å². The number of benzene rings is 4. The highest BCUT2D eigenvalue weighted by molar-refractivity contribution is 7.94. The Bertz CT molecular complexity index is 2590. The van der Waals surface area contributed by atoms with E-state index in [0.717, 1.165) is 0 Å². The van der Waals surface area contributed by atoms with Crippen LogP contribution in [0.2, 0.25) is 0 Å². The molecule has 0 aliphatic carbocycles. The molecule has 4 aromatic carbocycles. The van der Waals surface area contributed by atoms with Crippen LogP contribution >= 0.6 is 0 Å². The van der Waals surface area contributed by atoms with Gasteiger partial charge < -0.3 is 9.47 Å². The molecule has 29 heteroatoms. The molecule has 0 spiro atoms. The number of sulfone groups is 5. The minimum atomic E-state index is -6.58. The van der Waals surface area contributed by atoms with Gasteiger partial charge >= 0.3 is 22.0 Å². The molecule has 0 N–H and O–H groups in total. The molecule has 0 saturated heterocycles. The van der Waals surface area contributed by atoms with Gasteiger partial charge in [-0.3, -0.25) is 0 Å². The summed E-state index contributed by atoms with van der Waals surface area (Å²) in [7, 11) is -30.5. The predicted molar refractivity (Wildman–Crippen MR) is 164 cm³/mol. The molecule has 0 aromatic heterocycles. The maximum Gasteiger partial charge on any atom is 0.502 e. The average molecular weight is 931 g/mol. The van der Waals surface area contributed by atoms with Gasteiger partial charge in [0.15, 0.2) is 0 Å². The summed E-state index contributed by atoms with van der Waals surface area (Å²) >= 11 is 0. The van der Waals surface area contributed by atoms with E-state index in [2.05, 4.69) is 0 Å². The van der Waals surface area contributed by atoms with Crippen LogP contribution in [0.4, 0.5) is 52.7 Å². The molecule has 0 bridgehead atoms. The Balaban J connectivity index is 1.67. The van der Waals surface area contributed by atoms with E-state index in [4.69, 9.17) is 9.47 Å². The third kappa shape index (κ3) is 8.51. The highest BCUT2D eigenvalue weighted by Gasteiger charge is 2.53. The van der Waals surface area contributed by atoms with E-state index in [1.807, 2.05) is 0 Å². The van der Waals surface area contributed by atoms with Crippen LogP contribution in [0.1, 0.15) is 0 Å². The van der Waals surface area contributed by atoms with Crippen LogP contribution < -0.4 is 9.47 Å². The second-order valence-corrected chi connectivity index (χ2v) is 20.3. The van der Waals surface area contributed by atoms with Gasteiger partial charge in [-0.15, -0.1) is 0 Å². The molecule has 12 nitrogen and oxygen atoms in total. The van der Waals surface area contributed by atoms with Crippen molar-refractivity contribution in [1.29, 1.82) is 0 Å². The van der Waals surface area contributed by atoms with Crippen molar-refractivity contribution in [1.82, 2.24) is 0 Å². The van der Waals surface area contributed by atoms with Crippen molar-refractivity contribution in [2.24, 2.45) is 0 Å². The standard InChI is InChI=1S/C28H14F12O12S5/c29-25(30,31)54(43,44)19-9-11-21(23(13-19)56(47,48)27(35,36)37)51-15-1-5-17(6-2-15)53(41,42)18-7-3-16(4-8-18)52-22-12-10-20(55(45,46)26(32,33)34)14-24(22)57(49,50)28(38,39)40/h1-14H. The number of hydrogen-bond acceptors (Lipinski definition) is 12. The Hall–Kier alpha value is -4.61. The molecule has 0 fully saturated rings. The maximum absolute atomic E-state index is 13.4. The summed E-state index contributed by atoms with van der Waals surface area (Å²) in [6.45, 7) is 0. The summed E-state index contributed by atoms with van der Waals surface area (Å²) < 4.78 is 290.